The van der Waals surface area contributed by atoms with Gasteiger partial charge in [-0.15, -0.1) is 11.3 Å². The van der Waals surface area contributed by atoms with Crippen molar-refractivity contribution >= 4 is 28.7 Å². The van der Waals surface area contributed by atoms with Crippen molar-refractivity contribution in [2.24, 2.45) is 0 Å². The lowest BCUT2D eigenvalue weighted by Gasteiger charge is -2.23. The monoisotopic (exact) mass is 391 g/mol. The fourth-order valence-corrected chi connectivity index (χ4v) is 4.50. The van der Waals surface area contributed by atoms with Crippen molar-refractivity contribution < 1.29 is 14.7 Å². The molecule has 1 atom stereocenters. The van der Waals surface area contributed by atoms with Gasteiger partial charge in [-0.2, -0.15) is 0 Å². The molecule has 4 nitrogen and oxygen atoms in total. The summed E-state index contributed by atoms with van der Waals surface area (Å²) in [5.74, 6) is -0.667. The molecule has 0 saturated heterocycles. The molecule has 0 radical (unpaired) electrons. The molecule has 3 aromatic rings. The highest BCUT2D eigenvalue weighted by atomic mass is 32.1. The summed E-state index contributed by atoms with van der Waals surface area (Å²) in [5.41, 5.74) is 1.40. The van der Waals surface area contributed by atoms with E-state index in [1.165, 1.54) is 11.3 Å². The number of aliphatic hydroxyl groups is 1. The number of para-hydroxylation sites is 1. The van der Waals surface area contributed by atoms with E-state index in [1.807, 2.05) is 56.3 Å². The number of fused-ring (bicyclic) bond motifs is 1. The molecule has 2 aromatic carbocycles. The summed E-state index contributed by atoms with van der Waals surface area (Å²) in [4.78, 5) is 29.2. The molecule has 1 N–H and O–H groups in total. The summed E-state index contributed by atoms with van der Waals surface area (Å²) in [6.45, 7) is 4.28. The lowest BCUT2D eigenvalue weighted by atomic mass is 9.89. The topological polar surface area (TPSA) is 57.6 Å². The van der Waals surface area contributed by atoms with Crippen molar-refractivity contribution in [3.8, 4) is 0 Å². The summed E-state index contributed by atoms with van der Waals surface area (Å²) in [7, 11) is 0. The van der Waals surface area contributed by atoms with Crippen LogP contribution in [0.3, 0.4) is 0 Å². The third kappa shape index (κ3) is 3.07. The maximum Gasteiger partial charge on any atom is 0.264 e. The molecule has 0 saturated carbocycles. The number of amides is 1. The van der Waals surface area contributed by atoms with Crippen LogP contribution in [0.2, 0.25) is 0 Å². The summed E-state index contributed by atoms with van der Waals surface area (Å²) in [5, 5.41) is 11.4. The first-order valence-electron chi connectivity index (χ1n) is 9.18. The zero-order valence-corrected chi connectivity index (χ0v) is 16.6. The Morgan fingerprint density at radius 3 is 2.46 bits per heavy atom. The smallest absolute Gasteiger partial charge is 0.264 e. The highest BCUT2D eigenvalue weighted by molar-refractivity contribution is 7.14. The van der Waals surface area contributed by atoms with Crippen molar-refractivity contribution in [2.75, 3.05) is 4.90 Å². The molecule has 28 heavy (non-hydrogen) atoms. The molecule has 4 rings (SSSR count). The van der Waals surface area contributed by atoms with E-state index < -0.39 is 11.5 Å². The van der Waals surface area contributed by atoms with E-state index >= 15 is 0 Å². The van der Waals surface area contributed by atoms with Crippen molar-refractivity contribution in [3.63, 3.8) is 0 Å². The Kier molecular flexibility index (Phi) is 4.65. The lowest BCUT2D eigenvalue weighted by molar-refractivity contribution is -0.136. The van der Waals surface area contributed by atoms with Crippen LogP contribution in [0.1, 0.15) is 37.7 Å². The highest BCUT2D eigenvalue weighted by Gasteiger charge is 2.50. The molecule has 1 aliphatic heterocycles. The van der Waals surface area contributed by atoms with E-state index in [-0.39, 0.29) is 12.2 Å². The minimum Gasteiger partial charge on any atom is -0.375 e. The fraction of sp³-hybridized carbons (Fsp3) is 0.217. The molecule has 142 valence electrons. The first-order valence-corrected chi connectivity index (χ1v) is 10.00. The number of anilines is 1. The summed E-state index contributed by atoms with van der Waals surface area (Å²) < 4.78 is 0. The quantitative estimate of drug-likeness (QED) is 0.657. The number of aryl methyl sites for hydroxylation is 2. The molecule has 0 fully saturated rings. The number of rotatable bonds is 5. The second-order valence-electron chi connectivity index (χ2n) is 7.21. The lowest BCUT2D eigenvalue weighted by Crippen LogP contribution is -2.41. The minimum atomic E-state index is -1.84. The number of Topliss-reactive ketones (excluding diaryl/α,β-unsaturated/α-hetero) is 1. The van der Waals surface area contributed by atoms with Crippen LogP contribution in [0.15, 0.2) is 60.7 Å². The highest BCUT2D eigenvalue weighted by Crippen LogP contribution is 2.43. The van der Waals surface area contributed by atoms with Crippen LogP contribution in [0.5, 0.6) is 0 Å². The number of thiophene rings is 1. The van der Waals surface area contributed by atoms with E-state index in [0.717, 1.165) is 16.0 Å². The van der Waals surface area contributed by atoms with Crippen LogP contribution in [0, 0.1) is 13.8 Å². The Hall–Kier alpha value is -2.76. The molecule has 0 unspecified atom stereocenters. The zero-order valence-electron chi connectivity index (χ0n) is 15.8. The number of benzene rings is 2. The van der Waals surface area contributed by atoms with Gasteiger partial charge in [0.05, 0.1) is 23.5 Å². The molecule has 1 amide bonds. The van der Waals surface area contributed by atoms with E-state index in [0.29, 0.717) is 22.7 Å². The average molecular weight is 391 g/mol. The Morgan fingerprint density at radius 2 is 1.75 bits per heavy atom. The van der Waals surface area contributed by atoms with E-state index in [1.54, 1.807) is 23.1 Å². The molecular formula is C23H21NO3S. The second-order valence-corrected chi connectivity index (χ2v) is 8.49. The minimum absolute atomic E-state index is 0.221. The summed E-state index contributed by atoms with van der Waals surface area (Å²) >= 11 is 1.38. The van der Waals surface area contributed by atoms with E-state index in [4.69, 9.17) is 0 Å². The predicted molar refractivity (Wildman–Crippen MR) is 111 cm³/mol. The molecule has 0 aliphatic carbocycles. The number of hydrogen-bond acceptors (Lipinski definition) is 4. The van der Waals surface area contributed by atoms with Crippen molar-refractivity contribution in [1.82, 2.24) is 0 Å². The molecule has 0 bridgehead atoms. The third-order valence-electron chi connectivity index (χ3n) is 5.26. The van der Waals surface area contributed by atoms with Crippen molar-refractivity contribution in [3.05, 3.63) is 87.1 Å². The van der Waals surface area contributed by atoms with Gasteiger partial charge < -0.3 is 10.0 Å². The van der Waals surface area contributed by atoms with Gasteiger partial charge in [-0.3, -0.25) is 9.59 Å². The third-order valence-corrected chi connectivity index (χ3v) is 6.30. The summed E-state index contributed by atoms with van der Waals surface area (Å²) in [6, 6.07) is 18.7. The van der Waals surface area contributed by atoms with Crippen LogP contribution in [-0.2, 0) is 16.9 Å². The molecule has 0 spiro atoms. The number of ketones is 1. The first-order chi connectivity index (χ1) is 13.4. The first kappa shape index (κ1) is 18.6. The maximum atomic E-state index is 13.3. The standard InChI is InChI=1S/C23H21NO3S/c1-15-7-3-4-8-17(15)14-24-19-10-6-5-9-18(19)23(27,22(24)26)13-20(25)21-12-11-16(2)28-21/h3-12,27H,13-14H2,1-2H3/t23-/m1/s1. The Labute approximate surface area is 168 Å². The Balaban J connectivity index is 1.70. The number of nitrogens with zero attached hydrogens (tertiary/aromatic N) is 1. The zero-order chi connectivity index (χ0) is 19.9. The maximum absolute atomic E-state index is 13.3. The molecular weight excluding hydrogens is 370 g/mol. The van der Waals surface area contributed by atoms with Crippen LogP contribution >= 0.6 is 11.3 Å². The fourth-order valence-electron chi connectivity index (χ4n) is 3.70. The Morgan fingerprint density at radius 1 is 1.04 bits per heavy atom. The molecule has 1 aliphatic rings. The van der Waals surface area contributed by atoms with Gasteiger partial charge >= 0.3 is 0 Å². The van der Waals surface area contributed by atoms with Crippen LogP contribution in [0.25, 0.3) is 0 Å². The normalized spacial score (nSPS) is 18.4. The van der Waals surface area contributed by atoms with Gasteiger partial charge in [0.25, 0.3) is 5.91 Å². The predicted octanol–water partition coefficient (Wildman–Crippen LogP) is 4.37. The van der Waals surface area contributed by atoms with Crippen LogP contribution in [0.4, 0.5) is 5.69 Å². The van der Waals surface area contributed by atoms with Gasteiger partial charge in [0.1, 0.15) is 0 Å². The van der Waals surface area contributed by atoms with Gasteiger partial charge in [-0.25, -0.2) is 0 Å². The SMILES string of the molecule is Cc1ccc(C(=O)C[C@]2(O)C(=O)N(Cc3ccccc3C)c3ccccc32)s1. The van der Waals surface area contributed by atoms with Crippen molar-refractivity contribution in [2.45, 2.75) is 32.4 Å². The average Bonchev–Trinajstić information content (AvgIpc) is 3.20. The number of carbonyl (C=O) groups excluding carboxylic acids is 2. The molecule has 1 aromatic heterocycles. The van der Waals surface area contributed by atoms with Crippen LogP contribution in [-0.4, -0.2) is 16.8 Å². The van der Waals surface area contributed by atoms with Crippen molar-refractivity contribution in [1.29, 1.82) is 0 Å². The van der Waals surface area contributed by atoms with Crippen LogP contribution < -0.4 is 4.90 Å². The second kappa shape index (κ2) is 7.00. The number of carbonyl (C=O) groups is 2. The molecule has 5 heteroatoms. The summed E-state index contributed by atoms with van der Waals surface area (Å²) in [6.07, 6.45) is -0.257. The van der Waals surface area contributed by atoms with Gasteiger partial charge in [0, 0.05) is 10.4 Å². The van der Waals surface area contributed by atoms with E-state index in [2.05, 4.69) is 0 Å². The van der Waals surface area contributed by atoms with Gasteiger partial charge in [-0.1, -0.05) is 42.5 Å². The van der Waals surface area contributed by atoms with Gasteiger partial charge in [0.2, 0.25) is 0 Å². The largest absolute Gasteiger partial charge is 0.375 e. The number of hydrogen-bond donors (Lipinski definition) is 1. The molecule has 2 heterocycles. The van der Waals surface area contributed by atoms with Gasteiger partial charge in [-0.05, 0) is 43.2 Å². The Bertz CT molecular complexity index is 1070. The van der Waals surface area contributed by atoms with E-state index in [9.17, 15) is 14.7 Å². The van der Waals surface area contributed by atoms with Gasteiger partial charge in [0.15, 0.2) is 11.4 Å².